The van der Waals surface area contributed by atoms with Gasteiger partial charge in [0.1, 0.15) is 0 Å². The van der Waals surface area contributed by atoms with Gasteiger partial charge in [-0.15, -0.1) is 0 Å². The van der Waals surface area contributed by atoms with E-state index in [9.17, 15) is 4.79 Å². The van der Waals surface area contributed by atoms with Crippen LogP contribution in [0.3, 0.4) is 0 Å². The lowest BCUT2D eigenvalue weighted by atomic mass is 9.85. The van der Waals surface area contributed by atoms with Crippen molar-refractivity contribution in [1.82, 2.24) is 5.32 Å². The first kappa shape index (κ1) is 26.5. The van der Waals surface area contributed by atoms with Gasteiger partial charge in [-0.3, -0.25) is 9.53 Å². The van der Waals surface area contributed by atoms with E-state index in [2.05, 4.69) is 33.0 Å². The van der Waals surface area contributed by atoms with E-state index in [1.807, 2.05) is 13.8 Å². The summed E-state index contributed by atoms with van der Waals surface area (Å²) in [5.41, 5.74) is 0. The van der Waals surface area contributed by atoms with Crippen LogP contribution in [0.2, 0.25) is 0 Å². The first-order chi connectivity index (χ1) is 14.6. The molecule has 0 spiro atoms. The van der Waals surface area contributed by atoms with Crippen LogP contribution < -0.4 is 11.2 Å². The zero-order chi connectivity index (χ0) is 23.0. The SMILES string of the molecule is CC1CNC(C)CC(C)C(ON)(OC2CCCCO2)OC(=O)C(C)CC(C)CC(C)C1. The number of hydrogen-bond donors (Lipinski definition) is 2. The van der Waals surface area contributed by atoms with Crippen LogP contribution in [0, 0.1) is 29.6 Å². The lowest BCUT2D eigenvalue weighted by Gasteiger charge is -2.40. The number of carbonyl (C=O) groups excluding carboxylic acids is 1. The van der Waals surface area contributed by atoms with E-state index in [4.69, 9.17) is 24.9 Å². The van der Waals surface area contributed by atoms with Crippen LogP contribution in [0.25, 0.3) is 0 Å². The predicted octanol–water partition coefficient (Wildman–Crippen LogP) is 4.35. The summed E-state index contributed by atoms with van der Waals surface area (Å²) in [6.45, 7) is 14.4. The molecule has 0 aliphatic carbocycles. The Morgan fingerprint density at radius 3 is 2.29 bits per heavy atom. The van der Waals surface area contributed by atoms with E-state index >= 15 is 0 Å². The van der Waals surface area contributed by atoms with Crippen LogP contribution in [0.15, 0.2) is 0 Å². The van der Waals surface area contributed by atoms with Gasteiger partial charge in [-0.1, -0.05) is 34.6 Å². The fourth-order valence-electron chi connectivity index (χ4n) is 5.15. The molecule has 2 saturated heterocycles. The summed E-state index contributed by atoms with van der Waals surface area (Å²) >= 11 is 0. The zero-order valence-corrected chi connectivity index (χ0v) is 20.5. The lowest BCUT2D eigenvalue weighted by molar-refractivity contribution is -0.429. The molecule has 8 unspecified atom stereocenters. The van der Waals surface area contributed by atoms with Crippen LogP contribution in [0.4, 0.5) is 0 Å². The Balaban J connectivity index is 2.24. The number of nitrogens with two attached hydrogens (primary N) is 1. The van der Waals surface area contributed by atoms with Crippen molar-refractivity contribution >= 4 is 5.97 Å². The Bertz CT molecular complexity index is 542. The fraction of sp³-hybridized carbons (Fsp3) is 0.958. The maximum Gasteiger partial charge on any atom is 0.349 e. The van der Waals surface area contributed by atoms with E-state index < -0.39 is 12.3 Å². The number of nitrogens with one attached hydrogen (secondary N) is 1. The summed E-state index contributed by atoms with van der Waals surface area (Å²) < 4.78 is 17.8. The van der Waals surface area contributed by atoms with Gasteiger partial charge in [0.05, 0.1) is 11.8 Å². The maximum absolute atomic E-state index is 13.1. The second-order valence-corrected chi connectivity index (χ2v) is 10.4. The average Bonchev–Trinajstić information content (AvgIpc) is 2.71. The van der Waals surface area contributed by atoms with E-state index in [1.165, 1.54) is 6.42 Å². The van der Waals surface area contributed by atoms with Crippen LogP contribution in [0.5, 0.6) is 0 Å². The molecule has 7 nitrogen and oxygen atoms in total. The number of rotatable bonds is 3. The number of hydrogen-bond acceptors (Lipinski definition) is 7. The largest absolute Gasteiger partial charge is 0.406 e. The molecule has 0 saturated carbocycles. The molecule has 3 N–H and O–H groups in total. The molecule has 0 aromatic heterocycles. The standard InChI is InChI=1S/C24H46N2O5/c1-16-11-17(2)13-19(4)23(27)30-24(31-25,29-22-9-7-8-10-28-22)20(5)14-21(6)26-15-18(3)12-16/h16-22,26H,7-15,25H2,1-6H3. The lowest BCUT2D eigenvalue weighted by Crippen LogP contribution is -2.53. The van der Waals surface area contributed by atoms with Crippen molar-refractivity contribution in [2.45, 2.75) is 105 Å². The zero-order valence-electron chi connectivity index (χ0n) is 20.5. The molecule has 0 amide bonds. The van der Waals surface area contributed by atoms with Gasteiger partial charge in [-0.25, -0.2) is 10.7 Å². The van der Waals surface area contributed by atoms with E-state index in [1.54, 1.807) is 0 Å². The Kier molecular flexibility index (Phi) is 10.7. The van der Waals surface area contributed by atoms with Crippen LogP contribution in [-0.4, -0.2) is 37.4 Å². The molecule has 0 aromatic rings. The first-order valence-electron chi connectivity index (χ1n) is 12.3. The van der Waals surface area contributed by atoms with Gasteiger partial charge in [-0.05, 0) is 76.2 Å². The van der Waals surface area contributed by atoms with Crippen molar-refractivity contribution in [3.8, 4) is 0 Å². The van der Waals surface area contributed by atoms with E-state index in [0.717, 1.165) is 38.6 Å². The van der Waals surface area contributed by atoms with Crippen LogP contribution in [0.1, 0.15) is 86.5 Å². The molecule has 2 rings (SSSR count). The van der Waals surface area contributed by atoms with Crippen molar-refractivity contribution in [3.05, 3.63) is 0 Å². The minimum atomic E-state index is -1.66. The molecule has 8 atom stereocenters. The van der Waals surface area contributed by atoms with Crippen LogP contribution in [-0.2, 0) is 23.8 Å². The van der Waals surface area contributed by atoms with Gasteiger partial charge in [-0.2, -0.15) is 0 Å². The summed E-state index contributed by atoms with van der Waals surface area (Å²) in [5, 5.41) is 3.63. The van der Waals surface area contributed by atoms with Gasteiger partial charge in [0, 0.05) is 12.6 Å². The predicted molar refractivity (Wildman–Crippen MR) is 121 cm³/mol. The molecular formula is C24H46N2O5. The Hall–Kier alpha value is -0.730. The quantitative estimate of drug-likeness (QED) is 0.381. The fourth-order valence-corrected chi connectivity index (χ4v) is 5.15. The summed E-state index contributed by atoms with van der Waals surface area (Å²) in [7, 11) is 0. The topological polar surface area (TPSA) is 92.0 Å². The second kappa shape index (κ2) is 12.5. The smallest absolute Gasteiger partial charge is 0.349 e. The molecule has 2 heterocycles. The van der Waals surface area contributed by atoms with E-state index in [0.29, 0.717) is 30.8 Å². The molecule has 2 aliphatic rings. The molecule has 0 bridgehead atoms. The van der Waals surface area contributed by atoms with Gasteiger partial charge in [0.25, 0.3) is 0 Å². The number of esters is 1. The number of cyclic esters (lactones) is 1. The summed E-state index contributed by atoms with van der Waals surface area (Å²) in [5.74, 6) is 4.84. The van der Waals surface area contributed by atoms with Gasteiger partial charge in [0.15, 0.2) is 6.29 Å². The average molecular weight is 443 g/mol. The van der Waals surface area contributed by atoms with Crippen molar-refractivity contribution in [2.75, 3.05) is 13.2 Å². The Labute approximate surface area is 189 Å². The number of carbonyl (C=O) groups is 1. The highest BCUT2D eigenvalue weighted by Gasteiger charge is 2.47. The minimum Gasteiger partial charge on any atom is -0.406 e. The van der Waals surface area contributed by atoms with Crippen LogP contribution >= 0.6 is 0 Å². The Morgan fingerprint density at radius 2 is 1.65 bits per heavy atom. The molecule has 2 fully saturated rings. The molecule has 7 heteroatoms. The molecule has 0 radical (unpaired) electrons. The third-order valence-electron chi connectivity index (χ3n) is 6.73. The normalized spacial score (nSPS) is 42.3. The summed E-state index contributed by atoms with van der Waals surface area (Å²) in [6, 6.07) is 0.193. The van der Waals surface area contributed by atoms with Gasteiger partial charge >= 0.3 is 11.9 Å². The van der Waals surface area contributed by atoms with Gasteiger partial charge < -0.3 is 14.8 Å². The highest BCUT2D eigenvalue weighted by Crippen LogP contribution is 2.34. The molecule has 182 valence electrons. The minimum absolute atomic E-state index is 0.193. The molecule has 2 aliphatic heterocycles. The summed E-state index contributed by atoms with van der Waals surface area (Å²) in [6.07, 6.45) is 5.95. The maximum atomic E-state index is 13.1. The third kappa shape index (κ3) is 8.28. The number of ether oxygens (including phenoxy) is 3. The van der Waals surface area contributed by atoms with Crippen molar-refractivity contribution in [2.24, 2.45) is 35.5 Å². The first-order valence-corrected chi connectivity index (χ1v) is 12.3. The Morgan fingerprint density at radius 1 is 0.968 bits per heavy atom. The molecule has 31 heavy (non-hydrogen) atoms. The van der Waals surface area contributed by atoms with Gasteiger partial charge in [0.2, 0.25) is 0 Å². The van der Waals surface area contributed by atoms with Crippen molar-refractivity contribution < 1.29 is 23.8 Å². The molecular weight excluding hydrogens is 396 g/mol. The van der Waals surface area contributed by atoms with Crippen molar-refractivity contribution in [1.29, 1.82) is 0 Å². The monoisotopic (exact) mass is 442 g/mol. The second-order valence-electron chi connectivity index (χ2n) is 10.4. The third-order valence-corrected chi connectivity index (χ3v) is 6.73. The summed E-state index contributed by atoms with van der Waals surface area (Å²) in [4.78, 5) is 18.4. The van der Waals surface area contributed by atoms with E-state index in [-0.39, 0.29) is 23.8 Å². The van der Waals surface area contributed by atoms with Crippen molar-refractivity contribution in [3.63, 3.8) is 0 Å². The molecule has 0 aromatic carbocycles. The highest BCUT2D eigenvalue weighted by molar-refractivity contribution is 5.72. The highest BCUT2D eigenvalue weighted by atomic mass is 16.9.